The van der Waals surface area contributed by atoms with E-state index in [2.05, 4.69) is 30.8 Å². The van der Waals surface area contributed by atoms with Crippen LogP contribution in [0.5, 0.6) is 5.75 Å². The number of hydrogen-bond donors (Lipinski definition) is 1. The number of hydrogen-bond acceptors (Lipinski definition) is 5. The van der Waals surface area contributed by atoms with Gasteiger partial charge in [0.05, 0.1) is 0 Å². The maximum absolute atomic E-state index is 12.8. The zero-order valence-electron chi connectivity index (χ0n) is 13.8. The van der Waals surface area contributed by atoms with Gasteiger partial charge in [0.2, 0.25) is 5.91 Å². The van der Waals surface area contributed by atoms with Crippen molar-refractivity contribution < 1.29 is 9.90 Å². The normalized spacial score (nSPS) is 24.6. The summed E-state index contributed by atoms with van der Waals surface area (Å²) in [6.45, 7) is 6.68. The number of benzene rings is 1. The molecule has 2 aliphatic rings. The molecule has 1 saturated heterocycles. The average Bonchev–Trinajstić information content (AvgIpc) is 2.99. The molecule has 124 valence electrons. The molecule has 23 heavy (non-hydrogen) atoms. The molecule has 1 aromatic carbocycles. The smallest absolute Gasteiger partial charge is 0.248 e. The van der Waals surface area contributed by atoms with Crippen LogP contribution in [-0.2, 0) is 4.79 Å². The average molecular weight is 333 g/mol. The highest BCUT2D eigenvalue weighted by Crippen LogP contribution is 2.30. The highest BCUT2D eigenvalue weighted by Gasteiger charge is 2.37. The van der Waals surface area contributed by atoms with Gasteiger partial charge in [-0.2, -0.15) is 0 Å². The largest absolute Gasteiger partial charge is 0.507 e. The number of carbonyl (C=O) groups is 1. The SMILES string of the molecule is CN1CCN(C(=O)C2CSC(c3ccccc3O)=N2)CC1(C)C. The lowest BCUT2D eigenvalue weighted by Gasteiger charge is -2.45. The van der Waals surface area contributed by atoms with E-state index in [0.29, 0.717) is 11.3 Å². The number of amides is 1. The number of aliphatic imine (C=N–C) groups is 1. The molecule has 0 aliphatic carbocycles. The molecule has 1 unspecified atom stereocenters. The Kier molecular flexibility index (Phi) is 4.38. The van der Waals surface area contributed by atoms with Crippen LogP contribution < -0.4 is 0 Å². The second-order valence-electron chi connectivity index (χ2n) is 6.77. The number of piperazine rings is 1. The van der Waals surface area contributed by atoms with Crippen LogP contribution in [0, 0.1) is 0 Å². The van der Waals surface area contributed by atoms with Crippen molar-refractivity contribution in [2.75, 3.05) is 32.4 Å². The Morgan fingerprint density at radius 1 is 1.35 bits per heavy atom. The molecule has 1 amide bonds. The zero-order chi connectivity index (χ0) is 16.6. The van der Waals surface area contributed by atoms with Crippen LogP contribution in [0.25, 0.3) is 0 Å². The summed E-state index contributed by atoms with van der Waals surface area (Å²) in [5, 5.41) is 10.7. The van der Waals surface area contributed by atoms with E-state index in [4.69, 9.17) is 0 Å². The molecule has 0 radical (unpaired) electrons. The van der Waals surface area contributed by atoms with Gasteiger partial charge in [-0.15, -0.1) is 11.8 Å². The molecule has 1 aromatic rings. The third-order valence-electron chi connectivity index (χ3n) is 4.70. The van der Waals surface area contributed by atoms with Crippen molar-refractivity contribution in [3.8, 4) is 5.75 Å². The summed E-state index contributed by atoms with van der Waals surface area (Å²) in [6.07, 6.45) is 0. The van der Waals surface area contributed by atoms with Gasteiger partial charge < -0.3 is 10.0 Å². The first-order chi connectivity index (χ1) is 10.9. The van der Waals surface area contributed by atoms with Crippen LogP contribution >= 0.6 is 11.8 Å². The standard InChI is InChI=1S/C17H23N3O2S/c1-17(2)11-20(9-8-19(17)3)16(22)13-10-23-15(18-13)12-6-4-5-7-14(12)21/h4-7,13,21H,8-11H2,1-3H3. The van der Waals surface area contributed by atoms with Crippen LogP contribution in [0.15, 0.2) is 29.3 Å². The minimum absolute atomic E-state index is 0.0100. The summed E-state index contributed by atoms with van der Waals surface area (Å²) in [5.74, 6) is 0.964. The second kappa shape index (κ2) is 6.17. The number of likely N-dealkylation sites (N-methyl/N-ethyl adjacent to an activating group) is 1. The first-order valence-electron chi connectivity index (χ1n) is 7.87. The van der Waals surface area contributed by atoms with Gasteiger partial charge in [0.25, 0.3) is 0 Å². The Morgan fingerprint density at radius 3 is 2.78 bits per heavy atom. The summed E-state index contributed by atoms with van der Waals surface area (Å²) < 4.78 is 0. The van der Waals surface area contributed by atoms with Crippen LogP contribution in [0.3, 0.4) is 0 Å². The molecular weight excluding hydrogens is 310 g/mol. The van der Waals surface area contributed by atoms with E-state index in [0.717, 1.165) is 24.7 Å². The summed E-state index contributed by atoms with van der Waals surface area (Å²) in [5.41, 5.74) is 0.704. The Labute approximate surface area is 141 Å². The van der Waals surface area contributed by atoms with Gasteiger partial charge in [-0.25, -0.2) is 0 Å². The van der Waals surface area contributed by atoms with Gasteiger partial charge in [0, 0.05) is 36.5 Å². The Balaban J connectivity index is 1.74. The number of aromatic hydroxyl groups is 1. The molecule has 6 heteroatoms. The van der Waals surface area contributed by atoms with Gasteiger partial charge in [0.15, 0.2) is 0 Å². The van der Waals surface area contributed by atoms with Gasteiger partial charge in [-0.1, -0.05) is 12.1 Å². The van der Waals surface area contributed by atoms with Crippen molar-refractivity contribution in [2.24, 2.45) is 4.99 Å². The van der Waals surface area contributed by atoms with Crippen molar-refractivity contribution in [1.82, 2.24) is 9.80 Å². The van der Waals surface area contributed by atoms with Crippen molar-refractivity contribution >= 4 is 22.7 Å². The molecule has 1 fully saturated rings. The molecule has 1 N–H and O–H groups in total. The van der Waals surface area contributed by atoms with Crippen molar-refractivity contribution in [3.05, 3.63) is 29.8 Å². The number of carbonyl (C=O) groups excluding carboxylic acids is 1. The molecule has 2 heterocycles. The van der Waals surface area contributed by atoms with Crippen LogP contribution in [0.1, 0.15) is 19.4 Å². The van der Waals surface area contributed by atoms with E-state index < -0.39 is 0 Å². The first-order valence-corrected chi connectivity index (χ1v) is 8.86. The van der Waals surface area contributed by atoms with E-state index in [-0.39, 0.29) is 23.2 Å². The lowest BCUT2D eigenvalue weighted by molar-refractivity contribution is -0.136. The zero-order valence-corrected chi connectivity index (χ0v) is 14.6. The van der Waals surface area contributed by atoms with Crippen LogP contribution in [0.2, 0.25) is 0 Å². The molecule has 0 saturated carbocycles. The fraction of sp³-hybridized carbons (Fsp3) is 0.529. The lowest BCUT2D eigenvalue weighted by atomic mass is 9.99. The van der Waals surface area contributed by atoms with E-state index in [1.165, 1.54) is 0 Å². The van der Waals surface area contributed by atoms with Gasteiger partial charge in [-0.3, -0.25) is 14.7 Å². The third-order valence-corrected chi connectivity index (χ3v) is 5.78. The Morgan fingerprint density at radius 2 is 2.09 bits per heavy atom. The first kappa shape index (κ1) is 16.3. The fourth-order valence-corrected chi connectivity index (χ4v) is 4.00. The fourth-order valence-electron chi connectivity index (χ4n) is 2.94. The number of nitrogens with zero attached hydrogens (tertiary/aromatic N) is 3. The predicted octanol–water partition coefficient (Wildman–Crippen LogP) is 1.81. The summed E-state index contributed by atoms with van der Waals surface area (Å²) in [7, 11) is 2.10. The van der Waals surface area contributed by atoms with E-state index >= 15 is 0 Å². The molecule has 2 aliphatic heterocycles. The highest BCUT2D eigenvalue weighted by molar-refractivity contribution is 8.14. The highest BCUT2D eigenvalue weighted by atomic mass is 32.2. The molecular formula is C17H23N3O2S. The predicted molar refractivity (Wildman–Crippen MR) is 94.2 cm³/mol. The number of para-hydroxylation sites is 1. The summed E-state index contributed by atoms with van der Waals surface area (Å²) in [6, 6.07) is 6.81. The molecule has 3 rings (SSSR count). The second-order valence-corrected chi connectivity index (χ2v) is 7.78. The maximum atomic E-state index is 12.8. The molecule has 0 aromatic heterocycles. The summed E-state index contributed by atoms with van der Waals surface area (Å²) in [4.78, 5) is 21.6. The van der Waals surface area contributed by atoms with E-state index in [9.17, 15) is 9.90 Å². The van der Waals surface area contributed by atoms with Crippen LogP contribution in [-0.4, -0.2) is 69.9 Å². The number of phenolic OH excluding ortho intramolecular Hbond substituents is 1. The minimum Gasteiger partial charge on any atom is -0.507 e. The molecule has 5 nitrogen and oxygen atoms in total. The Bertz CT molecular complexity index is 644. The molecule has 0 bridgehead atoms. The maximum Gasteiger partial charge on any atom is 0.248 e. The van der Waals surface area contributed by atoms with Crippen LogP contribution in [0.4, 0.5) is 0 Å². The summed E-state index contributed by atoms with van der Waals surface area (Å²) >= 11 is 1.54. The lowest BCUT2D eigenvalue weighted by Crippen LogP contribution is -2.60. The molecule has 1 atom stereocenters. The van der Waals surface area contributed by atoms with E-state index in [1.54, 1.807) is 23.9 Å². The Hall–Kier alpha value is -1.53. The van der Waals surface area contributed by atoms with Gasteiger partial charge in [-0.05, 0) is 33.0 Å². The van der Waals surface area contributed by atoms with Crippen molar-refractivity contribution in [3.63, 3.8) is 0 Å². The molecule has 0 spiro atoms. The van der Waals surface area contributed by atoms with E-state index in [1.807, 2.05) is 17.0 Å². The van der Waals surface area contributed by atoms with Gasteiger partial charge in [0.1, 0.15) is 16.8 Å². The third kappa shape index (κ3) is 3.23. The quantitative estimate of drug-likeness (QED) is 0.897. The van der Waals surface area contributed by atoms with Gasteiger partial charge >= 0.3 is 0 Å². The minimum atomic E-state index is -0.339. The monoisotopic (exact) mass is 333 g/mol. The number of phenols is 1. The number of thioether (sulfide) groups is 1. The topological polar surface area (TPSA) is 56.1 Å². The van der Waals surface area contributed by atoms with Crippen molar-refractivity contribution in [2.45, 2.75) is 25.4 Å². The van der Waals surface area contributed by atoms with Crippen molar-refractivity contribution in [1.29, 1.82) is 0 Å². The number of rotatable bonds is 2.